The lowest BCUT2D eigenvalue weighted by atomic mass is 9.96. The number of aromatic nitrogens is 2. The Morgan fingerprint density at radius 1 is 1.30 bits per heavy atom. The molecule has 0 bridgehead atoms. The summed E-state index contributed by atoms with van der Waals surface area (Å²) in [5.74, 6) is 1.33. The minimum Gasteiger partial charge on any atom is -0.316 e. The van der Waals surface area contributed by atoms with Gasteiger partial charge < -0.3 is 5.32 Å². The molecule has 1 saturated carbocycles. The molecule has 0 amide bonds. The Labute approximate surface area is 126 Å². The highest BCUT2D eigenvalue weighted by atomic mass is 32.2. The van der Waals surface area contributed by atoms with Crippen molar-refractivity contribution < 1.29 is 0 Å². The number of hydrogen-bond acceptors (Lipinski definition) is 3. The number of thioether (sulfide) groups is 1. The molecule has 1 N–H and O–H groups in total. The van der Waals surface area contributed by atoms with Crippen LogP contribution in [0.25, 0.3) is 0 Å². The summed E-state index contributed by atoms with van der Waals surface area (Å²) in [4.78, 5) is 0. The van der Waals surface area contributed by atoms with Crippen molar-refractivity contribution in [1.29, 1.82) is 0 Å². The Morgan fingerprint density at radius 3 is 2.85 bits per heavy atom. The molecule has 0 spiro atoms. The Balaban J connectivity index is 1.60. The zero-order valence-electron chi connectivity index (χ0n) is 12.6. The van der Waals surface area contributed by atoms with E-state index in [2.05, 4.69) is 41.1 Å². The van der Waals surface area contributed by atoms with Crippen LogP contribution in [-0.4, -0.2) is 33.9 Å². The van der Waals surface area contributed by atoms with Crippen molar-refractivity contribution in [1.82, 2.24) is 15.1 Å². The van der Waals surface area contributed by atoms with E-state index in [0.717, 1.165) is 11.7 Å². The highest BCUT2D eigenvalue weighted by Gasteiger charge is 2.25. The molecule has 2 fully saturated rings. The summed E-state index contributed by atoms with van der Waals surface area (Å²) in [6.07, 6.45) is 12.8. The molecule has 4 heteroatoms. The molecule has 3 nitrogen and oxygen atoms in total. The quantitative estimate of drug-likeness (QED) is 0.902. The third kappa shape index (κ3) is 3.40. The molecule has 1 aromatic rings. The molecule has 2 aliphatic rings. The molecule has 0 radical (unpaired) electrons. The van der Waals surface area contributed by atoms with Gasteiger partial charge >= 0.3 is 0 Å². The predicted molar refractivity (Wildman–Crippen MR) is 86.4 cm³/mol. The second kappa shape index (κ2) is 6.99. The van der Waals surface area contributed by atoms with E-state index in [4.69, 9.17) is 5.10 Å². The second-order valence-electron chi connectivity index (χ2n) is 6.23. The molecule has 2 unspecified atom stereocenters. The summed E-state index contributed by atoms with van der Waals surface area (Å²) in [6, 6.07) is 3.47. The molecule has 2 atom stereocenters. The lowest BCUT2D eigenvalue weighted by Gasteiger charge is -2.23. The SMILES string of the molecule is CNC(Cc1ccn(C2CCCCC2)n1)C1CCCS1. The van der Waals surface area contributed by atoms with Gasteiger partial charge in [-0.15, -0.1) is 0 Å². The molecular weight excluding hydrogens is 266 g/mol. The Hall–Kier alpha value is -0.480. The fourth-order valence-corrected chi connectivity index (χ4v) is 5.03. The molecule has 1 aromatic heterocycles. The number of rotatable bonds is 5. The first-order valence-electron chi connectivity index (χ1n) is 8.19. The van der Waals surface area contributed by atoms with Gasteiger partial charge in [-0.05, 0) is 44.6 Å². The zero-order valence-corrected chi connectivity index (χ0v) is 13.4. The molecular formula is C16H27N3S. The summed E-state index contributed by atoms with van der Waals surface area (Å²) in [5.41, 5.74) is 1.27. The maximum Gasteiger partial charge on any atom is 0.0640 e. The van der Waals surface area contributed by atoms with E-state index in [1.165, 1.54) is 56.4 Å². The zero-order chi connectivity index (χ0) is 13.8. The lowest BCUT2D eigenvalue weighted by molar-refractivity contribution is 0.327. The Morgan fingerprint density at radius 2 is 2.15 bits per heavy atom. The normalized spacial score (nSPS) is 25.9. The van der Waals surface area contributed by atoms with Crippen LogP contribution in [0.3, 0.4) is 0 Å². The standard InChI is InChI=1S/C16H27N3S/c1-17-15(16-8-5-11-20-16)12-13-9-10-19(18-13)14-6-3-2-4-7-14/h9-10,14-17H,2-8,11-12H2,1H3. The highest BCUT2D eigenvalue weighted by Crippen LogP contribution is 2.30. The van der Waals surface area contributed by atoms with Gasteiger partial charge in [0.05, 0.1) is 11.7 Å². The van der Waals surface area contributed by atoms with Crippen molar-refractivity contribution in [2.45, 2.75) is 68.7 Å². The molecule has 1 saturated heterocycles. The van der Waals surface area contributed by atoms with Crippen molar-refractivity contribution in [2.75, 3.05) is 12.8 Å². The topological polar surface area (TPSA) is 29.9 Å². The molecule has 1 aliphatic heterocycles. The van der Waals surface area contributed by atoms with E-state index in [1.54, 1.807) is 0 Å². The minimum atomic E-state index is 0.581. The average Bonchev–Trinajstić information content (AvgIpc) is 3.17. The van der Waals surface area contributed by atoms with Gasteiger partial charge in [0.1, 0.15) is 0 Å². The van der Waals surface area contributed by atoms with Crippen LogP contribution in [0.4, 0.5) is 0 Å². The summed E-state index contributed by atoms with van der Waals surface area (Å²) < 4.78 is 2.24. The van der Waals surface area contributed by atoms with E-state index in [1.807, 2.05) is 0 Å². The van der Waals surface area contributed by atoms with E-state index in [-0.39, 0.29) is 0 Å². The fraction of sp³-hybridized carbons (Fsp3) is 0.812. The van der Waals surface area contributed by atoms with Crippen molar-refractivity contribution in [3.8, 4) is 0 Å². The van der Waals surface area contributed by atoms with Gasteiger partial charge in [0.2, 0.25) is 0 Å². The third-order valence-corrected chi connectivity index (χ3v) is 6.34. The maximum atomic E-state index is 4.86. The fourth-order valence-electron chi connectivity index (χ4n) is 3.60. The lowest BCUT2D eigenvalue weighted by Crippen LogP contribution is -2.36. The first kappa shape index (κ1) is 14.5. The molecule has 0 aromatic carbocycles. The largest absolute Gasteiger partial charge is 0.316 e. The van der Waals surface area contributed by atoms with Gasteiger partial charge in [0.25, 0.3) is 0 Å². The molecule has 20 heavy (non-hydrogen) atoms. The summed E-state index contributed by atoms with van der Waals surface area (Å²) in [5, 5.41) is 9.15. The van der Waals surface area contributed by atoms with Gasteiger partial charge in [-0.3, -0.25) is 4.68 Å². The smallest absolute Gasteiger partial charge is 0.0640 e. The van der Waals surface area contributed by atoms with E-state index in [9.17, 15) is 0 Å². The van der Waals surface area contributed by atoms with E-state index < -0.39 is 0 Å². The van der Waals surface area contributed by atoms with Gasteiger partial charge in [-0.25, -0.2) is 0 Å². The van der Waals surface area contributed by atoms with Gasteiger partial charge in [0.15, 0.2) is 0 Å². The van der Waals surface area contributed by atoms with Crippen LogP contribution >= 0.6 is 11.8 Å². The highest BCUT2D eigenvalue weighted by molar-refractivity contribution is 8.00. The van der Waals surface area contributed by atoms with Crippen molar-refractivity contribution in [2.24, 2.45) is 0 Å². The monoisotopic (exact) mass is 293 g/mol. The van der Waals surface area contributed by atoms with Gasteiger partial charge in [-0.1, -0.05) is 19.3 Å². The Bertz CT molecular complexity index is 406. The van der Waals surface area contributed by atoms with Crippen molar-refractivity contribution >= 4 is 11.8 Å². The molecule has 1 aliphatic carbocycles. The van der Waals surface area contributed by atoms with Crippen molar-refractivity contribution in [3.63, 3.8) is 0 Å². The van der Waals surface area contributed by atoms with Crippen LogP contribution in [-0.2, 0) is 6.42 Å². The summed E-state index contributed by atoms with van der Waals surface area (Å²) in [6.45, 7) is 0. The van der Waals surface area contributed by atoms with Crippen LogP contribution in [0.2, 0.25) is 0 Å². The van der Waals surface area contributed by atoms with Crippen LogP contribution in [0, 0.1) is 0 Å². The molecule has 3 rings (SSSR count). The number of nitrogens with one attached hydrogen (secondary N) is 1. The van der Waals surface area contributed by atoms with Gasteiger partial charge in [-0.2, -0.15) is 16.9 Å². The maximum absolute atomic E-state index is 4.86. The summed E-state index contributed by atoms with van der Waals surface area (Å²) in [7, 11) is 2.10. The minimum absolute atomic E-state index is 0.581. The van der Waals surface area contributed by atoms with Gasteiger partial charge in [0, 0.05) is 23.9 Å². The third-order valence-electron chi connectivity index (χ3n) is 4.83. The van der Waals surface area contributed by atoms with Crippen LogP contribution in [0.5, 0.6) is 0 Å². The summed E-state index contributed by atoms with van der Waals surface area (Å²) >= 11 is 2.13. The van der Waals surface area contributed by atoms with Crippen molar-refractivity contribution in [3.05, 3.63) is 18.0 Å². The molecule has 2 heterocycles. The first-order valence-corrected chi connectivity index (χ1v) is 9.24. The Kier molecular flexibility index (Phi) is 5.05. The number of hydrogen-bond donors (Lipinski definition) is 1. The second-order valence-corrected chi connectivity index (χ2v) is 7.58. The van der Waals surface area contributed by atoms with Crippen LogP contribution in [0.1, 0.15) is 56.7 Å². The number of likely N-dealkylation sites (N-methyl/N-ethyl adjacent to an activating group) is 1. The van der Waals surface area contributed by atoms with E-state index in [0.29, 0.717) is 12.1 Å². The molecule has 112 valence electrons. The number of nitrogens with zero attached hydrogens (tertiary/aromatic N) is 2. The van der Waals surface area contributed by atoms with Crippen LogP contribution < -0.4 is 5.32 Å². The first-order chi connectivity index (χ1) is 9.86. The predicted octanol–water partition coefficient (Wildman–Crippen LogP) is 3.41. The van der Waals surface area contributed by atoms with Crippen LogP contribution in [0.15, 0.2) is 12.3 Å². The average molecular weight is 293 g/mol. The van der Waals surface area contributed by atoms with E-state index >= 15 is 0 Å².